The van der Waals surface area contributed by atoms with Gasteiger partial charge in [0.15, 0.2) is 0 Å². The maximum atomic E-state index is 13.6. The molecule has 1 amide bonds. The lowest BCUT2D eigenvalue weighted by molar-refractivity contribution is 0.1000. The number of ether oxygens (including phenoxy) is 1. The minimum Gasteiger partial charge on any atom is -0.492 e. The average molecular weight is 288 g/mol. The van der Waals surface area contributed by atoms with Crippen LogP contribution >= 0.6 is 0 Å². The maximum absolute atomic E-state index is 13.6. The van der Waals surface area contributed by atoms with Crippen molar-refractivity contribution in [3.63, 3.8) is 0 Å². The number of primary amides is 1. The summed E-state index contributed by atoms with van der Waals surface area (Å²) >= 11 is 0. The average Bonchev–Trinajstić information content (AvgIpc) is 2.49. The number of carbonyl (C=O) groups is 1. The van der Waals surface area contributed by atoms with Gasteiger partial charge in [0.1, 0.15) is 18.2 Å². The molecule has 0 atom stereocenters. The lowest BCUT2D eigenvalue weighted by atomic mass is 10.1. The van der Waals surface area contributed by atoms with E-state index in [0.717, 1.165) is 5.75 Å². The minimum atomic E-state index is -0.566. The fourth-order valence-corrected chi connectivity index (χ4v) is 1.84. The molecule has 0 aliphatic heterocycles. The number of halogens is 1. The van der Waals surface area contributed by atoms with E-state index in [0.29, 0.717) is 30.8 Å². The fourth-order valence-electron chi connectivity index (χ4n) is 1.84. The summed E-state index contributed by atoms with van der Waals surface area (Å²) in [7, 11) is 0. The van der Waals surface area contributed by atoms with Crippen molar-refractivity contribution in [3.8, 4) is 5.75 Å². The van der Waals surface area contributed by atoms with Gasteiger partial charge in [0.2, 0.25) is 5.91 Å². The van der Waals surface area contributed by atoms with Gasteiger partial charge in [-0.25, -0.2) is 4.39 Å². The molecule has 0 aliphatic carbocycles. The number of hydrogen-bond acceptors (Lipinski definition) is 3. The van der Waals surface area contributed by atoms with E-state index in [9.17, 15) is 9.18 Å². The van der Waals surface area contributed by atoms with E-state index in [1.807, 2.05) is 30.3 Å². The molecule has 0 aliphatic rings. The van der Waals surface area contributed by atoms with Crippen LogP contribution in [0.4, 0.5) is 4.39 Å². The van der Waals surface area contributed by atoms with Gasteiger partial charge in [0.25, 0.3) is 0 Å². The van der Waals surface area contributed by atoms with E-state index in [4.69, 9.17) is 10.5 Å². The zero-order chi connectivity index (χ0) is 15.1. The molecule has 0 saturated heterocycles. The highest BCUT2D eigenvalue weighted by Gasteiger charge is 2.06. The van der Waals surface area contributed by atoms with E-state index in [-0.39, 0.29) is 5.82 Å². The molecule has 2 aromatic carbocycles. The van der Waals surface area contributed by atoms with Crippen LogP contribution < -0.4 is 15.8 Å². The summed E-state index contributed by atoms with van der Waals surface area (Å²) in [5, 5.41) is 3.06. The Morgan fingerprint density at radius 3 is 2.67 bits per heavy atom. The lowest BCUT2D eigenvalue weighted by Crippen LogP contribution is -2.21. The van der Waals surface area contributed by atoms with E-state index in [1.165, 1.54) is 18.2 Å². The van der Waals surface area contributed by atoms with Crippen LogP contribution in [0.5, 0.6) is 5.75 Å². The number of nitrogens with one attached hydrogen (secondary N) is 1. The SMILES string of the molecule is NC(=O)c1ccc(F)c(CNCCOc2ccccc2)c1. The van der Waals surface area contributed by atoms with Crippen LogP contribution in [0, 0.1) is 5.82 Å². The monoisotopic (exact) mass is 288 g/mol. The summed E-state index contributed by atoms with van der Waals surface area (Å²) in [6.45, 7) is 1.35. The number of carbonyl (C=O) groups excluding carboxylic acids is 1. The Kier molecular flexibility index (Phi) is 5.29. The Balaban J connectivity index is 1.78. The van der Waals surface area contributed by atoms with Gasteiger partial charge >= 0.3 is 0 Å². The molecule has 0 heterocycles. The molecule has 2 aromatic rings. The fraction of sp³-hybridized carbons (Fsp3) is 0.188. The lowest BCUT2D eigenvalue weighted by Gasteiger charge is -2.09. The van der Waals surface area contributed by atoms with Gasteiger partial charge in [-0.05, 0) is 30.3 Å². The highest BCUT2D eigenvalue weighted by atomic mass is 19.1. The molecule has 0 fully saturated rings. The largest absolute Gasteiger partial charge is 0.492 e. The first-order valence-corrected chi connectivity index (χ1v) is 6.63. The zero-order valence-corrected chi connectivity index (χ0v) is 11.5. The molecule has 110 valence electrons. The van der Waals surface area contributed by atoms with Gasteiger partial charge in [0, 0.05) is 24.2 Å². The van der Waals surface area contributed by atoms with Crippen molar-refractivity contribution < 1.29 is 13.9 Å². The Labute approximate surface area is 122 Å². The Morgan fingerprint density at radius 1 is 1.19 bits per heavy atom. The standard InChI is InChI=1S/C16H17FN2O2/c17-15-7-6-12(16(18)20)10-13(15)11-19-8-9-21-14-4-2-1-3-5-14/h1-7,10,19H,8-9,11H2,(H2,18,20). The smallest absolute Gasteiger partial charge is 0.248 e. The normalized spacial score (nSPS) is 10.3. The van der Waals surface area contributed by atoms with Gasteiger partial charge in [-0.3, -0.25) is 4.79 Å². The molecule has 3 N–H and O–H groups in total. The van der Waals surface area contributed by atoms with Crippen LogP contribution in [0.2, 0.25) is 0 Å². The Hall–Kier alpha value is -2.40. The second-order valence-corrected chi connectivity index (χ2v) is 4.51. The van der Waals surface area contributed by atoms with Crippen LogP contribution in [0.25, 0.3) is 0 Å². The van der Waals surface area contributed by atoms with Crippen molar-refractivity contribution in [2.75, 3.05) is 13.2 Å². The Morgan fingerprint density at radius 2 is 1.95 bits per heavy atom. The predicted molar refractivity (Wildman–Crippen MR) is 78.6 cm³/mol. The highest BCUT2D eigenvalue weighted by molar-refractivity contribution is 5.92. The summed E-state index contributed by atoms with van der Waals surface area (Å²) in [6.07, 6.45) is 0. The third kappa shape index (κ3) is 4.57. The van der Waals surface area contributed by atoms with Crippen molar-refractivity contribution >= 4 is 5.91 Å². The summed E-state index contributed by atoms with van der Waals surface area (Å²) in [6, 6.07) is 13.5. The topological polar surface area (TPSA) is 64.4 Å². The molecular weight excluding hydrogens is 271 g/mol. The third-order valence-corrected chi connectivity index (χ3v) is 2.94. The van der Waals surface area contributed by atoms with Crippen molar-refractivity contribution in [1.82, 2.24) is 5.32 Å². The first-order valence-electron chi connectivity index (χ1n) is 6.63. The van der Waals surface area contributed by atoms with Crippen LogP contribution in [-0.2, 0) is 6.54 Å². The molecular formula is C16H17FN2O2. The van der Waals surface area contributed by atoms with Crippen LogP contribution in [0.15, 0.2) is 48.5 Å². The first-order chi connectivity index (χ1) is 10.2. The maximum Gasteiger partial charge on any atom is 0.248 e. The first kappa shape index (κ1) is 15.0. The minimum absolute atomic E-state index is 0.300. The summed E-state index contributed by atoms with van der Waals surface area (Å²) in [5.41, 5.74) is 5.88. The second kappa shape index (κ2) is 7.40. The molecule has 21 heavy (non-hydrogen) atoms. The van der Waals surface area contributed by atoms with E-state index in [2.05, 4.69) is 5.32 Å². The van der Waals surface area contributed by atoms with E-state index >= 15 is 0 Å². The van der Waals surface area contributed by atoms with Crippen LogP contribution in [0.1, 0.15) is 15.9 Å². The van der Waals surface area contributed by atoms with Gasteiger partial charge in [-0.1, -0.05) is 18.2 Å². The zero-order valence-electron chi connectivity index (χ0n) is 11.5. The van der Waals surface area contributed by atoms with Crippen molar-refractivity contribution in [3.05, 3.63) is 65.5 Å². The molecule has 0 radical (unpaired) electrons. The Bertz CT molecular complexity index is 602. The van der Waals surface area contributed by atoms with Crippen molar-refractivity contribution in [2.24, 2.45) is 5.73 Å². The quantitative estimate of drug-likeness (QED) is 0.767. The molecule has 0 saturated carbocycles. The van der Waals surface area contributed by atoms with Crippen LogP contribution in [-0.4, -0.2) is 19.1 Å². The van der Waals surface area contributed by atoms with Gasteiger partial charge < -0.3 is 15.8 Å². The molecule has 0 aromatic heterocycles. The number of hydrogen-bond donors (Lipinski definition) is 2. The van der Waals surface area contributed by atoms with Gasteiger partial charge in [-0.2, -0.15) is 0 Å². The van der Waals surface area contributed by atoms with Crippen molar-refractivity contribution in [2.45, 2.75) is 6.54 Å². The molecule has 0 bridgehead atoms. The summed E-state index contributed by atoms with van der Waals surface area (Å²) < 4.78 is 19.1. The van der Waals surface area contributed by atoms with Gasteiger partial charge in [0.05, 0.1) is 0 Å². The molecule has 5 heteroatoms. The predicted octanol–water partition coefficient (Wildman–Crippen LogP) is 2.09. The number of para-hydroxylation sites is 1. The molecule has 4 nitrogen and oxygen atoms in total. The van der Waals surface area contributed by atoms with Gasteiger partial charge in [-0.15, -0.1) is 0 Å². The number of amides is 1. The third-order valence-electron chi connectivity index (χ3n) is 2.94. The highest BCUT2D eigenvalue weighted by Crippen LogP contribution is 2.10. The molecule has 2 rings (SSSR count). The summed E-state index contributed by atoms with van der Waals surface area (Å²) in [5.74, 6) is -0.138. The van der Waals surface area contributed by atoms with Crippen LogP contribution in [0.3, 0.4) is 0 Å². The second-order valence-electron chi connectivity index (χ2n) is 4.51. The molecule has 0 unspecified atom stereocenters. The molecule has 0 spiro atoms. The van der Waals surface area contributed by atoms with E-state index < -0.39 is 5.91 Å². The number of nitrogens with two attached hydrogens (primary N) is 1. The number of benzene rings is 2. The van der Waals surface area contributed by atoms with Crippen molar-refractivity contribution in [1.29, 1.82) is 0 Å². The van der Waals surface area contributed by atoms with E-state index in [1.54, 1.807) is 0 Å². The summed E-state index contributed by atoms with van der Waals surface area (Å²) in [4.78, 5) is 11.1. The number of rotatable bonds is 7.